The molecule has 1 aliphatic carbocycles. The lowest BCUT2D eigenvalue weighted by Crippen LogP contribution is -2.30. The van der Waals surface area contributed by atoms with E-state index in [0.29, 0.717) is 17.9 Å². The van der Waals surface area contributed by atoms with Crippen molar-refractivity contribution < 1.29 is 23.5 Å². The summed E-state index contributed by atoms with van der Waals surface area (Å²) in [5.74, 6) is 0.143. The highest BCUT2D eigenvalue weighted by atomic mass is 32.2. The molecule has 1 heterocycles. The van der Waals surface area contributed by atoms with Gasteiger partial charge in [-0.2, -0.15) is 0 Å². The van der Waals surface area contributed by atoms with Gasteiger partial charge in [0.2, 0.25) is 0 Å². The average molecular weight is 311 g/mol. The maximum Gasteiger partial charge on any atom is 0.156 e. The lowest BCUT2D eigenvalue weighted by Gasteiger charge is -2.23. The van der Waals surface area contributed by atoms with Gasteiger partial charge in [-0.25, -0.2) is 8.42 Å². The molecule has 1 aromatic carbocycles. The summed E-state index contributed by atoms with van der Waals surface area (Å²) in [7, 11) is -3.24. The van der Waals surface area contributed by atoms with Gasteiger partial charge in [-0.1, -0.05) is 17.3 Å². The van der Waals surface area contributed by atoms with Crippen LogP contribution in [0.15, 0.2) is 23.4 Å². The van der Waals surface area contributed by atoms with Crippen LogP contribution in [0.5, 0.6) is 5.75 Å². The van der Waals surface area contributed by atoms with Gasteiger partial charge in [-0.15, -0.1) is 0 Å². The number of aliphatic hydroxyl groups is 1. The summed E-state index contributed by atoms with van der Waals surface area (Å²) in [6.07, 6.45) is 0.588. The van der Waals surface area contributed by atoms with Crippen LogP contribution in [0.2, 0.25) is 0 Å². The molecule has 1 aromatic rings. The molecule has 0 bridgehead atoms. The molecule has 114 valence electrons. The summed E-state index contributed by atoms with van der Waals surface area (Å²) in [6.45, 7) is 0. The van der Waals surface area contributed by atoms with Crippen LogP contribution in [-0.2, 0) is 16.3 Å². The second-order valence-electron chi connectivity index (χ2n) is 5.48. The second kappa shape index (κ2) is 5.31. The number of aliphatic hydroxyl groups excluding tert-OH is 1. The van der Waals surface area contributed by atoms with Crippen molar-refractivity contribution in [1.82, 2.24) is 0 Å². The van der Waals surface area contributed by atoms with Crippen molar-refractivity contribution in [1.29, 1.82) is 0 Å². The highest BCUT2D eigenvalue weighted by molar-refractivity contribution is 7.91. The lowest BCUT2D eigenvalue weighted by atomic mass is 9.89. The van der Waals surface area contributed by atoms with E-state index in [4.69, 9.17) is 9.94 Å². The first-order valence-electron chi connectivity index (χ1n) is 6.88. The standard InChI is InChI=1S/C14H17NO5S/c16-12-7-21(18,19)8-14(12)20-13-6-2-3-9-10(13)4-1-5-11(9)15-17/h2-3,6,12,14,16-17H,1,4-5,7-8H2. The number of hydrogen-bond acceptors (Lipinski definition) is 6. The predicted molar refractivity (Wildman–Crippen MR) is 76.8 cm³/mol. The normalized spacial score (nSPS) is 29.3. The smallest absolute Gasteiger partial charge is 0.156 e. The molecule has 6 nitrogen and oxygen atoms in total. The Bertz CT molecular complexity index is 683. The van der Waals surface area contributed by atoms with Crippen molar-refractivity contribution in [2.45, 2.75) is 31.5 Å². The van der Waals surface area contributed by atoms with Gasteiger partial charge in [0.05, 0.1) is 17.2 Å². The molecule has 0 radical (unpaired) electrons. The van der Waals surface area contributed by atoms with E-state index in [2.05, 4.69) is 5.16 Å². The number of hydrogen-bond donors (Lipinski definition) is 2. The number of benzene rings is 1. The number of fused-ring (bicyclic) bond motifs is 1. The third-order valence-corrected chi connectivity index (χ3v) is 5.64. The van der Waals surface area contributed by atoms with Crippen LogP contribution in [0, 0.1) is 0 Å². The fourth-order valence-corrected chi connectivity index (χ4v) is 4.61. The van der Waals surface area contributed by atoms with Gasteiger partial charge >= 0.3 is 0 Å². The Labute approximate surface area is 123 Å². The van der Waals surface area contributed by atoms with E-state index in [1.165, 1.54) is 0 Å². The maximum atomic E-state index is 11.5. The molecule has 0 saturated carbocycles. The van der Waals surface area contributed by atoms with Crippen LogP contribution < -0.4 is 4.74 Å². The van der Waals surface area contributed by atoms with Crippen molar-refractivity contribution in [3.05, 3.63) is 29.3 Å². The highest BCUT2D eigenvalue weighted by Crippen LogP contribution is 2.31. The van der Waals surface area contributed by atoms with Crippen LogP contribution >= 0.6 is 0 Å². The van der Waals surface area contributed by atoms with E-state index >= 15 is 0 Å². The third kappa shape index (κ3) is 2.75. The van der Waals surface area contributed by atoms with Gasteiger partial charge in [0.25, 0.3) is 0 Å². The highest BCUT2D eigenvalue weighted by Gasteiger charge is 2.38. The SMILES string of the molecule is O=S1(=O)CC(O)C(Oc2cccc3c2CCCC3=NO)C1. The number of rotatable bonds is 2. The first-order valence-corrected chi connectivity index (χ1v) is 8.70. The zero-order chi connectivity index (χ0) is 15.0. The molecule has 21 heavy (non-hydrogen) atoms. The molecule has 0 aromatic heterocycles. The van der Waals surface area contributed by atoms with Crippen LogP contribution in [0.1, 0.15) is 24.0 Å². The topological polar surface area (TPSA) is 96.2 Å². The Morgan fingerprint density at radius 3 is 2.71 bits per heavy atom. The summed E-state index contributed by atoms with van der Waals surface area (Å²) in [5, 5.41) is 22.2. The van der Waals surface area contributed by atoms with Crippen molar-refractivity contribution in [3.63, 3.8) is 0 Å². The molecule has 3 rings (SSSR count). The molecule has 2 N–H and O–H groups in total. The minimum Gasteiger partial charge on any atom is -0.486 e. The number of ether oxygens (including phenoxy) is 1. The van der Waals surface area contributed by atoms with Crippen molar-refractivity contribution in [3.8, 4) is 5.75 Å². The fraction of sp³-hybridized carbons (Fsp3) is 0.500. The number of oxime groups is 1. The van der Waals surface area contributed by atoms with Gasteiger partial charge < -0.3 is 15.1 Å². The molecule has 1 saturated heterocycles. The number of nitrogens with zero attached hydrogens (tertiary/aromatic N) is 1. The molecule has 2 aliphatic rings. The van der Waals surface area contributed by atoms with E-state index in [9.17, 15) is 13.5 Å². The Kier molecular flexibility index (Phi) is 3.62. The molecule has 0 spiro atoms. The third-order valence-electron chi connectivity index (χ3n) is 3.96. The Morgan fingerprint density at radius 1 is 1.24 bits per heavy atom. The molecule has 0 amide bonds. The molecule has 1 fully saturated rings. The van der Waals surface area contributed by atoms with Crippen LogP contribution in [0.3, 0.4) is 0 Å². The first kappa shape index (κ1) is 14.3. The Balaban J connectivity index is 1.91. The summed E-state index contributed by atoms with van der Waals surface area (Å²) in [5.41, 5.74) is 2.35. The average Bonchev–Trinajstić information content (AvgIpc) is 2.71. The van der Waals surface area contributed by atoms with E-state index in [1.807, 2.05) is 6.07 Å². The molecular weight excluding hydrogens is 294 g/mol. The van der Waals surface area contributed by atoms with Crippen LogP contribution in [0.25, 0.3) is 0 Å². The van der Waals surface area contributed by atoms with Crippen LogP contribution in [-0.4, -0.2) is 48.2 Å². The van der Waals surface area contributed by atoms with Crippen LogP contribution in [0.4, 0.5) is 0 Å². The van der Waals surface area contributed by atoms with Crippen molar-refractivity contribution >= 4 is 15.5 Å². The monoisotopic (exact) mass is 311 g/mol. The summed E-state index contributed by atoms with van der Waals surface area (Å²) >= 11 is 0. The van der Waals surface area contributed by atoms with Gasteiger partial charge in [0, 0.05) is 11.1 Å². The first-order chi connectivity index (χ1) is 10.00. The molecule has 1 aliphatic heterocycles. The van der Waals surface area contributed by atoms with Crippen molar-refractivity contribution in [2.24, 2.45) is 5.16 Å². The second-order valence-corrected chi connectivity index (χ2v) is 7.64. The quantitative estimate of drug-likeness (QED) is 0.620. The zero-order valence-corrected chi connectivity index (χ0v) is 12.2. The van der Waals surface area contributed by atoms with Gasteiger partial charge in [0.1, 0.15) is 18.0 Å². The Morgan fingerprint density at radius 2 is 2.05 bits per heavy atom. The molecule has 7 heteroatoms. The summed E-state index contributed by atoms with van der Waals surface area (Å²) in [6, 6.07) is 5.40. The van der Waals surface area contributed by atoms with Gasteiger partial charge in [0.15, 0.2) is 9.84 Å². The lowest BCUT2D eigenvalue weighted by molar-refractivity contribution is 0.0731. The van der Waals surface area contributed by atoms with E-state index in [1.54, 1.807) is 12.1 Å². The maximum absolute atomic E-state index is 11.5. The fourth-order valence-electron chi connectivity index (χ4n) is 2.95. The molecule has 2 unspecified atom stereocenters. The number of sulfone groups is 1. The molecular formula is C14H17NO5S. The van der Waals surface area contributed by atoms with Crippen molar-refractivity contribution in [2.75, 3.05) is 11.5 Å². The minimum atomic E-state index is -3.24. The molecule has 2 atom stereocenters. The van der Waals surface area contributed by atoms with E-state index < -0.39 is 22.0 Å². The largest absolute Gasteiger partial charge is 0.486 e. The Hall–Kier alpha value is -1.60. The zero-order valence-electron chi connectivity index (χ0n) is 11.4. The minimum absolute atomic E-state index is 0.168. The van der Waals surface area contributed by atoms with E-state index in [0.717, 1.165) is 24.0 Å². The van der Waals surface area contributed by atoms with Gasteiger partial charge in [-0.05, 0) is 25.3 Å². The van der Waals surface area contributed by atoms with Gasteiger partial charge in [-0.3, -0.25) is 0 Å². The van der Waals surface area contributed by atoms with E-state index in [-0.39, 0.29) is 11.5 Å². The predicted octanol–water partition coefficient (Wildman–Crippen LogP) is 0.738. The summed E-state index contributed by atoms with van der Waals surface area (Å²) in [4.78, 5) is 0. The summed E-state index contributed by atoms with van der Waals surface area (Å²) < 4.78 is 28.8.